The fourth-order valence-electron chi connectivity index (χ4n) is 10.1. The van der Waals surface area contributed by atoms with Crippen molar-refractivity contribution in [3.05, 3.63) is 53.1 Å². The molecule has 2 atom stereocenters. The number of rotatable bonds is 6. The highest BCUT2D eigenvalue weighted by Crippen LogP contribution is 2.66. The van der Waals surface area contributed by atoms with Crippen molar-refractivity contribution in [1.29, 1.82) is 0 Å². The Morgan fingerprint density at radius 1 is 0.880 bits per heavy atom. The highest BCUT2D eigenvalue weighted by atomic mass is 32.2. The lowest BCUT2D eigenvalue weighted by Crippen LogP contribution is -2.63. The summed E-state index contributed by atoms with van der Waals surface area (Å²) in [7, 11) is -2.11. The number of methoxy groups -OCH3 is 1. The van der Waals surface area contributed by atoms with Crippen LogP contribution in [0.2, 0.25) is 0 Å². The summed E-state index contributed by atoms with van der Waals surface area (Å²) in [4.78, 5) is 30.8. The predicted octanol–water partition coefficient (Wildman–Crippen LogP) is 5.87. The number of carbonyl (C=O) groups excluding carboxylic acids is 2. The molecule has 3 aliphatic heterocycles. The second-order valence-electron chi connectivity index (χ2n) is 15.6. The second-order valence-corrected chi connectivity index (χ2v) is 17.6. The van der Waals surface area contributed by atoms with Crippen molar-refractivity contribution >= 4 is 32.7 Å². The van der Waals surface area contributed by atoms with E-state index in [1.807, 2.05) is 18.2 Å². The number of fused-ring (bicyclic) bond motifs is 9. The fraction of sp³-hybridized carbons (Fsp3) is 0.590. The van der Waals surface area contributed by atoms with E-state index < -0.39 is 26.6 Å². The Balaban J connectivity index is 1.20. The molecule has 3 aliphatic carbocycles. The van der Waals surface area contributed by atoms with E-state index in [4.69, 9.17) is 14.2 Å². The Hall–Kier alpha value is -3.41. The number of ether oxygens (including phenoxy) is 3. The van der Waals surface area contributed by atoms with E-state index >= 15 is 4.79 Å². The summed E-state index contributed by atoms with van der Waals surface area (Å²) < 4.78 is 48.9. The Morgan fingerprint density at radius 3 is 2.24 bits per heavy atom. The van der Waals surface area contributed by atoms with E-state index in [9.17, 15) is 13.2 Å². The van der Waals surface area contributed by atoms with Crippen molar-refractivity contribution in [2.45, 2.75) is 106 Å². The molecule has 0 spiro atoms. The van der Waals surface area contributed by atoms with Crippen LogP contribution in [0.15, 0.2) is 36.4 Å². The molecule has 1 aromatic heterocycles. The fourth-order valence-corrected chi connectivity index (χ4v) is 11.6. The summed E-state index contributed by atoms with van der Waals surface area (Å²) >= 11 is 0. The monoisotopic (exact) mass is 701 g/mol. The highest BCUT2D eigenvalue weighted by molar-refractivity contribution is 7.90. The number of hydrogen-bond acceptors (Lipinski definition) is 7. The van der Waals surface area contributed by atoms with Crippen LogP contribution in [0.3, 0.4) is 0 Å². The third-order valence-corrected chi connectivity index (χ3v) is 14.5. The quantitative estimate of drug-likeness (QED) is 0.342. The standard InChI is InChI=1S/C39H47N3O7S/c1-47-28-13-15-30-32(17-28)33-18-39(33,38(44)42-26-19-48-21-27(42)22-49-20-26)23-41-34-16-25(37(43)40-50(45,46)29-10-6-3-7-11-29)12-14-31(34)35(36(30)41)24-8-4-2-5-9-24/h12-17,24,26-27,29,33H,2-11,18-23H2,1H3,(H,40,43). The predicted molar refractivity (Wildman–Crippen MR) is 189 cm³/mol. The number of aromatic nitrogens is 1. The zero-order valence-electron chi connectivity index (χ0n) is 28.8. The van der Waals surface area contributed by atoms with Crippen molar-refractivity contribution in [2.24, 2.45) is 5.41 Å². The minimum Gasteiger partial charge on any atom is -0.497 e. The van der Waals surface area contributed by atoms with Gasteiger partial charge in [0, 0.05) is 34.5 Å². The highest BCUT2D eigenvalue weighted by Gasteiger charge is 2.65. The summed E-state index contributed by atoms with van der Waals surface area (Å²) in [6.45, 7) is 2.37. The van der Waals surface area contributed by atoms with Crippen LogP contribution in [0, 0.1) is 5.41 Å². The molecule has 4 heterocycles. The van der Waals surface area contributed by atoms with E-state index in [-0.39, 0.29) is 23.9 Å². The minimum atomic E-state index is -3.80. The van der Waals surface area contributed by atoms with Crippen molar-refractivity contribution in [2.75, 3.05) is 33.5 Å². The molecule has 6 aliphatic rings. The molecule has 5 fully saturated rings. The van der Waals surface area contributed by atoms with Gasteiger partial charge in [-0.25, -0.2) is 13.1 Å². The van der Waals surface area contributed by atoms with Crippen molar-refractivity contribution in [1.82, 2.24) is 14.2 Å². The molecule has 3 aromatic rings. The maximum Gasteiger partial charge on any atom is 0.264 e. The largest absolute Gasteiger partial charge is 0.497 e. The minimum absolute atomic E-state index is 0.0193. The van der Waals surface area contributed by atoms with E-state index in [0.717, 1.165) is 72.0 Å². The topological polar surface area (TPSA) is 116 Å². The molecule has 1 N–H and O–H groups in total. The molecular weight excluding hydrogens is 655 g/mol. The van der Waals surface area contributed by atoms with Gasteiger partial charge in [0.05, 0.1) is 62.0 Å². The summed E-state index contributed by atoms with van der Waals surface area (Å²) in [5.41, 5.74) is 5.21. The Morgan fingerprint density at radius 2 is 1.56 bits per heavy atom. The van der Waals surface area contributed by atoms with E-state index in [1.54, 1.807) is 13.2 Å². The smallest absolute Gasteiger partial charge is 0.264 e. The van der Waals surface area contributed by atoms with Gasteiger partial charge in [0.1, 0.15) is 5.75 Å². The van der Waals surface area contributed by atoms with Gasteiger partial charge >= 0.3 is 0 Å². The number of carbonyl (C=O) groups is 2. The molecule has 2 unspecified atom stereocenters. The van der Waals surface area contributed by atoms with Crippen molar-refractivity contribution < 1.29 is 32.2 Å². The molecule has 2 saturated heterocycles. The molecule has 10 nitrogen and oxygen atoms in total. The number of sulfonamides is 1. The molecule has 3 saturated carbocycles. The van der Waals surface area contributed by atoms with Crippen LogP contribution in [0.4, 0.5) is 0 Å². The first kappa shape index (κ1) is 32.5. The number of benzene rings is 2. The van der Waals surface area contributed by atoms with Crippen LogP contribution in [0.5, 0.6) is 5.75 Å². The summed E-state index contributed by atoms with van der Waals surface area (Å²) in [5.74, 6) is 0.698. The third-order valence-electron chi connectivity index (χ3n) is 12.7. The second kappa shape index (κ2) is 12.4. The zero-order valence-corrected chi connectivity index (χ0v) is 29.6. The lowest BCUT2D eigenvalue weighted by Gasteiger charge is -2.47. The van der Waals surface area contributed by atoms with Gasteiger partial charge in [0.2, 0.25) is 15.9 Å². The maximum atomic E-state index is 15.0. The van der Waals surface area contributed by atoms with E-state index in [2.05, 4.69) is 26.3 Å². The van der Waals surface area contributed by atoms with Gasteiger partial charge in [0.15, 0.2) is 0 Å². The van der Waals surface area contributed by atoms with Gasteiger partial charge in [-0.3, -0.25) is 9.59 Å². The van der Waals surface area contributed by atoms with Gasteiger partial charge in [-0.2, -0.15) is 0 Å². The van der Waals surface area contributed by atoms with Crippen LogP contribution in [-0.2, 0) is 30.8 Å². The van der Waals surface area contributed by atoms with Crippen molar-refractivity contribution in [3.63, 3.8) is 0 Å². The van der Waals surface area contributed by atoms with Gasteiger partial charge in [-0.05, 0) is 79.5 Å². The molecule has 0 radical (unpaired) electrons. The van der Waals surface area contributed by atoms with E-state index in [0.29, 0.717) is 57.3 Å². The number of hydrogen-bond donors (Lipinski definition) is 1. The van der Waals surface area contributed by atoms with Crippen LogP contribution in [0.1, 0.15) is 104 Å². The van der Waals surface area contributed by atoms with Crippen LogP contribution < -0.4 is 9.46 Å². The molecule has 266 valence electrons. The first-order chi connectivity index (χ1) is 24.3. The number of nitrogens with one attached hydrogen (secondary N) is 1. The maximum absolute atomic E-state index is 15.0. The van der Waals surface area contributed by atoms with Gasteiger partial charge in [-0.15, -0.1) is 0 Å². The molecule has 50 heavy (non-hydrogen) atoms. The van der Waals surface area contributed by atoms with Gasteiger partial charge in [-0.1, -0.05) is 44.6 Å². The van der Waals surface area contributed by atoms with Crippen molar-refractivity contribution in [3.8, 4) is 17.0 Å². The van der Waals surface area contributed by atoms with E-state index in [1.165, 1.54) is 24.8 Å². The third kappa shape index (κ3) is 5.20. The lowest BCUT2D eigenvalue weighted by atomic mass is 9.81. The average Bonchev–Trinajstić information content (AvgIpc) is 3.81. The molecule has 2 bridgehead atoms. The average molecular weight is 702 g/mol. The summed E-state index contributed by atoms with van der Waals surface area (Å²) in [6, 6.07) is 11.8. The van der Waals surface area contributed by atoms with Gasteiger partial charge in [0.25, 0.3) is 5.91 Å². The normalized spacial score (nSPS) is 28.3. The van der Waals surface area contributed by atoms with Gasteiger partial charge < -0.3 is 23.7 Å². The van der Waals surface area contributed by atoms with Crippen LogP contribution in [0.25, 0.3) is 22.2 Å². The van der Waals surface area contributed by atoms with Crippen LogP contribution >= 0.6 is 0 Å². The lowest BCUT2D eigenvalue weighted by molar-refractivity contribution is -0.173. The SMILES string of the molecule is COc1ccc2c(c1)C1CC1(C(=O)N1C3COCC1COC3)Cn1c-2c(C2CCCCC2)c2ccc(C(=O)NS(=O)(=O)C3CCCCC3)cc21. The Kier molecular flexibility index (Phi) is 8.04. The first-order valence-electron chi connectivity index (χ1n) is 18.7. The molecular formula is C39H47N3O7S. The Bertz CT molecular complexity index is 1940. The molecule has 2 aromatic carbocycles. The summed E-state index contributed by atoms with van der Waals surface area (Å²) in [5, 5.41) is 0.543. The number of amides is 2. The molecule has 11 heteroatoms. The first-order valence-corrected chi connectivity index (χ1v) is 20.2. The number of morpholine rings is 2. The molecule has 2 amide bonds. The van der Waals surface area contributed by atoms with Crippen LogP contribution in [-0.4, -0.2) is 80.6 Å². The molecule has 9 rings (SSSR count). The summed E-state index contributed by atoms with van der Waals surface area (Å²) in [6.07, 6.45) is 10.4. The number of nitrogens with zero attached hydrogens (tertiary/aromatic N) is 2. The Labute approximate surface area is 293 Å². The zero-order chi connectivity index (χ0) is 34.2.